The van der Waals surface area contributed by atoms with Gasteiger partial charge in [-0.1, -0.05) is 5.16 Å². The lowest BCUT2D eigenvalue weighted by atomic mass is 9.98. The van der Waals surface area contributed by atoms with Crippen LogP contribution in [-0.4, -0.2) is 28.2 Å². The van der Waals surface area contributed by atoms with Crippen molar-refractivity contribution in [2.24, 2.45) is 0 Å². The van der Waals surface area contributed by atoms with E-state index in [9.17, 15) is 0 Å². The zero-order valence-corrected chi connectivity index (χ0v) is 9.47. The molecule has 88 valence electrons. The second-order valence-corrected chi connectivity index (χ2v) is 4.22. The molecule has 0 amide bonds. The molecule has 1 N–H and O–H groups in total. The van der Waals surface area contributed by atoms with E-state index in [0.29, 0.717) is 11.7 Å². The Bertz CT molecular complexity index is 476. The maximum atomic E-state index is 5.34. The van der Waals surface area contributed by atoms with Gasteiger partial charge >= 0.3 is 0 Å². The van der Waals surface area contributed by atoms with E-state index in [4.69, 9.17) is 4.52 Å². The van der Waals surface area contributed by atoms with Crippen LogP contribution in [0.3, 0.4) is 0 Å². The number of nitrogens with one attached hydrogen (secondary N) is 1. The van der Waals surface area contributed by atoms with E-state index in [0.717, 1.165) is 37.4 Å². The minimum absolute atomic E-state index is 0.397. The van der Waals surface area contributed by atoms with Gasteiger partial charge in [-0.2, -0.15) is 4.98 Å². The quantitative estimate of drug-likeness (QED) is 0.849. The third-order valence-electron chi connectivity index (χ3n) is 3.05. The van der Waals surface area contributed by atoms with Crippen molar-refractivity contribution >= 4 is 0 Å². The molecule has 0 radical (unpaired) electrons. The Kier molecular flexibility index (Phi) is 2.83. The minimum atomic E-state index is 0.397. The summed E-state index contributed by atoms with van der Waals surface area (Å²) in [5.74, 6) is 1.78. The molecule has 0 aliphatic carbocycles. The molecule has 0 spiro atoms. The highest BCUT2D eigenvalue weighted by molar-refractivity contribution is 5.51. The number of hydrogen-bond donors (Lipinski definition) is 1. The van der Waals surface area contributed by atoms with Crippen LogP contribution in [0.1, 0.15) is 24.7 Å². The van der Waals surface area contributed by atoms with E-state index < -0.39 is 0 Å². The third kappa shape index (κ3) is 2.19. The van der Waals surface area contributed by atoms with Crippen LogP contribution < -0.4 is 5.32 Å². The van der Waals surface area contributed by atoms with Crippen molar-refractivity contribution in [3.63, 3.8) is 0 Å². The SMILES string of the molecule is c1cncc(-c2noc(C3CCNCC3)n2)c1. The van der Waals surface area contributed by atoms with Gasteiger partial charge in [0, 0.05) is 23.9 Å². The molecule has 1 fully saturated rings. The van der Waals surface area contributed by atoms with Crippen LogP contribution in [0.25, 0.3) is 11.4 Å². The van der Waals surface area contributed by atoms with Crippen molar-refractivity contribution in [1.29, 1.82) is 0 Å². The minimum Gasteiger partial charge on any atom is -0.339 e. The summed E-state index contributed by atoms with van der Waals surface area (Å²) in [5.41, 5.74) is 0.899. The second-order valence-electron chi connectivity index (χ2n) is 4.22. The lowest BCUT2D eigenvalue weighted by Crippen LogP contribution is -2.26. The maximum absolute atomic E-state index is 5.34. The Morgan fingerprint density at radius 2 is 2.18 bits per heavy atom. The fraction of sp³-hybridized carbons (Fsp3) is 0.417. The Hall–Kier alpha value is -1.75. The molecule has 1 saturated heterocycles. The summed E-state index contributed by atoms with van der Waals surface area (Å²) >= 11 is 0. The van der Waals surface area contributed by atoms with Gasteiger partial charge in [-0.15, -0.1) is 0 Å². The molecule has 3 heterocycles. The lowest BCUT2D eigenvalue weighted by molar-refractivity contribution is 0.320. The molecule has 0 atom stereocenters. The largest absolute Gasteiger partial charge is 0.339 e. The van der Waals surface area contributed by atoms with Crippen LogP contribution >= 0.6 is 0 Å². The Morgan fingerprint density at radius 1 is 1.29 bits per heavy atom. The first kappa shape index (κ1) is 10.4. The molecule has 0 saturated carbocycles. The van der Waals surface area contributed by atoms with Gasteiger partial charge in [0.15, 0.2) is 0 Å². The number of piperidine rings is 1. The Morgan fingerprint density at radius 3 is 2.94 bits per heavy atom. The Balaban J connectivity index is 1.83. The molecule has 3 rings (SSSR count). The average Bonchev–Trinajstić information content (AvgIpc) is 2.90. The summed E-state index contributed by atoms with van der Waals surface area (Å²) in [7, 11) is 0. The molecular formula is C12H14N4O. The number of aromatic nitrogens is 3. The van der Waals surface area contributed by atoms with E-state index >= 15 is 0 Å². The third-order valence-corrected chi connectivity index (χ3v) is 3.05. The summed E-state index contributed by atoms with van der Waals surface area (Å²) in [6.45, 7) is 2.05. The van der Waals surface area contributed by atoms with Crippen molar-refractivity contribution in [3.8, 4) is 11.4 Å². The number of rotatable bonds is 2. The van der Waals surface area contributed by atoms with Gasteiger partial charge in [-0.05, 0) is 38.1 Å². The van der Waals surface area contributed by atoms with E-state index in [2.05, 4.69) is 20.4 Å². The summed E-state index contributed by atoms with van der Waals surface area (Å²) in [5, 5.41) is 7.34. The van der Waals surface area contributed by atoms with Gasteiger partial charge in [0.05, 0.1) is 0 Å². The molecular weight excluding hydrogens is 216 g/mol. The lowest BCUT2D eigenvalue weighted by Gasteiger charge is -2.18. The first-order chi connectivity index (χ1) is 8.43. The van der Waals surface area contributed by atoms with Crippen molar-refractivity contribution in [2.75, 3.05) is 13.1 Å². The standard InChI is InChI=1S/C12H14N4O/c1-2-10(8-14-5-1)11-15-12(17-16-11)9-3-6-13-7-4-9/h1-2,5,8-9,13H,3-4,6-7H2. The van der Waals surface area contributed by atoms with Crippen LogP contribution in [0.5, 0.6) is 0 Å². The van der Waals surface area contributed by atoms with Gasteiger partial charge < -0.3 is 9.84 Å². The fourth-order valence-corrected chi connectivity index (χ4v) is 2.08. The smallest absolute Gasteiger partial charge is 0.230 e. The summed E-state index contributed by atoms with van der Waals surface area (Å²) in [6, 6.07) is 3.81. The first-order valence-electron chi connectivity index (χ1n) is 5.88. The predicted molar refractivity (Wildman–Crippen MR) is 62.4 cm³/mol. The normalized spacial score (nSPS) is 17.2. The van der Waals surface area contributed by atoms with Crippen LogP contribution in [0.4, 0.5) is 0 Å². The predicted octanol–water partition coefficient (Wildman–Crippen LogP) is 1.60. The van der Waals surface area contributed by atoms with Crippen LogP contribution in [0.2, 0.25) is 0 Å². The van der Waals surface area contributed by atoms with Crippen molar-refractivity contribution < 1.29 is 4.52 Å². The van der Waals surface area contributed by atoms with Crippen LogP contribution in [0, 0.1) is 0 Å². The average molecular weight is 230 g/mol. The van der Waals surface area contributed by atoms with Gasteiger partial charge in [0.2, 0.25) is 11.7 Å². The van der Waals surface area contributed by atoms with Crippen molar-refractivity contribution in [3.05, 3.63) is 30.4 Å². The van der Waals surface area contributed by atoms with E-state index in [1.165, 1.54) is 0 Å². The van der Waals surface area contributed by atoms with Crippen molar-refractivity contribution in [1.82, 2.24) is 20.4 Å². The van der Waals surface area contributed by atoms with Crippen LogP contribution in [-0.2, 0) is 0 Å². The highest BCUT2D eigenvalue weighted by Gasteiger charge is 2.21. The van der Waals surface area contributed by atoms with Crippen molar-refractivity contribution in [2.45, 2.75) is 18.8 Å². The topological polar surface area (TPSA) is 63.8 Å². The van der Waals surface area contributed by atoms with E-state index in [1.807, 2.05) is 12.1 Å². The van der Waals surface area contributed by atoms with Gasteiger partial charge in [0.25, 0.3) is 0 Å². The monoisotopic (exact) mass is 230 g/mol. The van der Waals surface area contributed by atoms with Gasteiger partial charge in [-0.25, -0.2) is 0 Å². The maximum Gasteiger partial charge on any atom is 0.230 e. The Labute approximate surface area is 99.3 Å². The molecule has 0 unspecified atom stereocenters. The van der Waals surface area contributed by atoms with Gasteiger partial charge in [-0.3, -0.25) is 4.98 Å². The summed E-state index contributed by atoms with van der Waals surface area (Å²) in [4.78, 5) is 8.51. The molecule has 17 heavy (non-hydrogen) atoms. The van der Waals surface area contributed by atoms with Crippen LogP contribution in [0.15, 0.2) is 29.0 Å². The highest BCUT2D eigenvalue weighted by Crippen LogP contribution is 2.25. The fourth-order valence-electron chi connectivity index (χ4n) is 2.08. The highest BCUT2D eigenvalue weighted by atomic mass is 16.5. The molecule has 5 heteroatoms. The molecule has 5 nitrogen and oxygen atoms in total. The number of pyridine rings is 1. The molecule has 2 aromatic rings. The van der Waals surface area contributed by atoms with E-state index in [-0.39, 0.29) is 0 Å². The summed E-state index contributed by atoms with van der Waals surface area (Å²) < 4.78 is 5.34. The molecule has 1 aliphatic rings. The first-order valence-corrected chi connectivity index (χ1v) is 5.88. The summed E-state index contributed by atoms with van der Waals surface area (Å²) in [6.07, 6.45) is 5.61. The number of nitrogens with zero attached hydrogens (tertiary/aromatic N) is 3. The molecule has 2 aromatic heterocycles. The van der Waals surface area contributed by atoms with Gasteiger partial charge in [0.1, 0.15) is 0 Å². The molecule has 1 aliphatic heterocycles. The zero-order chi connectivity index (χ0) is 11.5. The zero-order valence-electron chi connectivity index (χ0n) is 9.47. The molecule has 0 aromatic carbocycles. The number of hydrogen-bond acceptors (Lipinski definition) is 5. The molecule has 0 bridgehead atoms. The van der Waals surface area contributed by atoms with E-state index in [1.54, 1.807) is 12.4 Å². The second kappa shape index (κ2) is 4.63.